The van der Waals surface area contributed by atoms with E-state index >= 15 is 0 Å². The van der Waals surface area contributed by atoms with Crippen LogP contribution in [0, 0.1) is 5.92 Å². The molecule has 1 atom stereocenters. The van der Waals surface area contributed by atoms with Gasteiger partial charge in [-0.15, -0.1) is 0 Å². The number of carbonyl (C=O) groups is 2. The molecule has 1 amide bonds. The number of hydrogen-bond donors (Lipinski definition) is 3. The number of phenolic OH excluding ortho intramolecular Hbond substituents is 2. The van der Waals surface area contributed by atoms with Crippen LogP contribution in [-0.4, -0.2) is 99.1 Å². The summed E-state index contributed by atoms with van der Waals surface area (Å²) in [5.41, 5.74) is 8.03. The van der Waals surface area contributed by atoms with Gasteiger partial charge in [-0.05, 0) is 58.3 Å². The van der Waals surface area contributed by atoms with Gasteiger partial charge in [-0.3, -0.25) is 14.5 Å². The van der Waals surface area contributed by atoms with Gasteiger partial charge in [0.25, 0.3) is 5.91 Å². The monoisotopic (exact) mass is 555 g/mol. The summed E-state index contributed by atoms with van der Waals surface area (Å²) in [5, 5.41) is 20.5. The molecule has 0 spiro atoms. The molecule has 14 heteroatoms. The Hall–Kier alpha value is -3.52. The topological polar surface area (TPSA) is 160 Å². The average Bonchev–Trinajstić information content (AvgIpc) is 3.23. The van der Waals surface area contributed by atoms with Crippen molar-refractivity contribution < 1.29 is 24.5 Å². The van der Waals surface area contributed by atoms with E-state index in [9.17, 15) is 19.8 Å². The van der Waals surface area contributed by atoms with Gasteiger partial charge >= 0.3 is 5.97 Å². The number of esters is 1. The van der Waals surface area contributed by atoms with E-state index in [1.165, 1.54) is 30.2 Å². The smallest absolute Gasteiger partial charge is 0.320 e. The van der Waals surface area contributed by atoms with Crippen molar-refractivity contribution in [2.24, 2.45) is 5.92 Å². The highest BCUT2D eigenvalue weighted by molar-refractivity contribution is 7.99. The molecule has 0 bridgehead atoms. The van der Waals surface area contributed by atoms with Crippen molar-refractivity contribution in [3.05, 3.63) is 18.5 Å². The zero-order valence-electron chi connectivity index (χ0n) is 22.6. The third-order valence-corrected chi connectivity index (χ3v) is 7.94. The lowest BCUT2D eigenvalue weighted by molar-refractivity contribution is -0.160. The third kappa shape index (κ3) is 6.74. The Morgan fingerprint density at radius 3 is 2.62 bits per heavy atom. The Bertz CT molecular complexity index is 1360. The first kappa shape index (κ1) is 28.5. The average molecular weight is 555 g/mol. The highest BCUT2D eigenvalue weighted by Crippen LogP contribution is 2.35. The molecule has 208 valence electrons. The lowest BCUT2D eigenvalue weighted by atomic mass is 9.93. The number of nitrogens with two attached hydrogens (primary N) is 1. The lowest BCUT2D eigenvalue weighted by Gasteiger charge is -2.33. The number of aromatic hydroxyl groups is 2. The molecule has 4 N–H and O–H groups in total. The number of ether oxygens (including phenoxy) is 1. The number of nitrogen functional groups attached to an aromatic ring is 1. The van der Waals surface area contributed by atoms with Crippen LogP contribution < -0.4 is 11.2 Å². The molecule has 0 aliphatic carbocycles. The first-order chi connectivity index (χ1) is 18.5. The number of hydrogen-bond acceptors (Lipinski definition) is 11. The number of anilines is 1. The van der Waals surface area contributed by atoms with Crippen LogP contribution in [0.4, 0.5) is 5.82 Å². The fourth-order valence-electron chi connectivity index (χ4n) is 4.64. The summed E-state index contributed by atoms with van der Waals surface area (Å²) in [5.74, 6) is -0.286. The molecule has 12 nitrogen and oxygen atoms in total. The Morgan fingerprint density at radius 2 is 1.92 bits per heavy atom. The maximum absolute atomic E-state index is 12.8. The molecule has 1 aliphatic rings. The molecule has 3 aromatic rings. The Labute approximate surface area is 232 Å². The first-order valence-electron chi connectivity index (χ1n) is 12.8. The summed E-state index contributed by atoms with van der Waals surface area (Å²) in [6.45, 7) is 3.59. The van der Waals surface area contributed by atoms with Crippen LogP contribution in [0.3, 0.4) is 0 Å². The zero-order chi connectivity index (χ0) is 28.3. The van der Waals surface area contributed by atoms with Crippen molar-refractivity contribution in [2.75, 3.05) is 39.5 Å². The number of piperidine rings is 1. The van der Waals surface area contributed by atoms with Crippen LogP contribution in [0.15, 0.2) is 28.5 Å². The maximum Gasteiger partial charge on any atom is 0.320 e. The fourth-order valence-corrected chi connectivity index (χ4v) is 5.65. The largest absolute Gasteiger partial charge is 0.504 e. The number of likely N-dealkylation sites (tertiary alicyclic amines) is 1. The van der Waals surface area contributed by atoms with Crippen LogP contribution in [0.2, 0.25) is 0 Å². The van der Waals surface area contributed by atoms with Gasteiger partial charge in [0.15, 0.2) is 39.7 Å². The number of amides is 1. The molecular formula is C25H34BN7O5S. The number of nitrogens with zero attached hydrogens (tertiary/aromatic N) is 6. The first-order valence-corrected chi connectivity index (χ1v) is 13.6. The van der Waals surface area contributed by atoms with Crippen LogP contribution in [0.25, 0.3) is 11.2 Å². The minimum absolute atomic E-state index is 0.132. The van der Waals surface area contributed by atoms with Gasteiger partial charge in [0.05, 0.1) is 6.54 Å². The van der Waals surface area contributed by atoms with E-state index in [0.717, 1.165) is 29.6 Å². The summed E-state index contributed by atoms with van der Waals surface area (Å²) in [6, 6.07) is 3.03. The van der Waals surface area contributed by atoms with Crippen molar-refractivity contribution in [3.63, 3.8) is 0 Å². The molecule has 0 saturated carbocycles. The highest BCUT2D eigenvalue weighted by atomic mass is 32.2. The Morgan fingerprint density at radius 1 is 1.23 bits per heavy atom. The third-order valence-electron chi connectivity index (χ3n) is 6.79. The molecule has 0 radical (unpaired) electrons. The summed E-state index contributed by atoms with van der Waals surface area (Å²) < 4.78 is 7.30. The number of phenols is 2. The van der Waals surface area contributed by atoms with E-state index in [-0.39, 0.29) is 29.8 Å². The molecule has 1 saturated heterocycles. The minimum atomic E-state index is -0.807. The number of aromatic nitrogens is 4. The van der Waals surface area contributed by atoms with Crippen molar-refractivity contribution in [2.45, 2.75) is 48.9 Å². The molecule has 4 rings (SSSR count). The maximum atomic E-state index is 12.8. The number of imidazole rings is 1. The Balaban J connectivity index is 1.41. The predicted octanol–water partition coefficient (Wildman–Crippen LogP) is 0.351. The fraction of sp³-hybridized carbons (Fsp3) is 0.480. The summed E-state index contributed by atoms with van der Waals surface area (Å²) in [4.78, 5) is 42.1. The molecule has 0 unspecified atom stereocenters. The number of fused-ring (bicyclic) bond motifs is 1. The van der Waals surface area contributed by atoms with Gasteiger partial charge in [-0.2, -0.15) is 0 Å². The van der Waals surface area contributed by atoms with E-state index in [2.05, 4.69) is 9.97 Å². The second-order valence-electron chi connectivity index (χ2n) is 10.1. The van der Waals surface area contributed by atoms with E-state index in [1.807, 2.05) is 12.4 Å². The summed E-state index contributed by atoms with van der Waals surface area (Å²) >= 11 is 1.36. The second-order valence-corrected chi connectivity index (χ2v) is 11.1. The number of aryl methyl sites for hydroxylation is 1. The molecule has 2 aromatic heterocycles. The molecule has 3 heterocycles. The van der Waals surface area contributed by atoms with E-state index in [0.29, 0.717) is 41.9 Å². The molecule has 1 fully saturated rings. The summed E-state index contributed by atoms with van der Waals surface area (Å²) in [6.07, 6.45) is 3.12. The van der Waals surface area contributed by atoms with Gasteiger partial charge in [-0.1, -0.05) is 17.2 Å². The lowest BCUT2D eigenvalue weighted by Crippen LogP contribution is -2.45. The van der Waals surface area contributed by atoms with Crippen molar-refractivity contribution in [1.82, 2.24) is 29.3 Å². The summed E-state index contributed by atoms with van der Waals surface area (Å²) in [7, 11) is 5.39. The van der Waals surface area contributed by atoms with Crippen LogP contribution in [0.5, 0.6) is 11.5 Å². The standard InChI is InChI=1S/C25H34BN7O5S/c1-14(38-20(36)12-31(2)3)24(37)32-7-4-15(5-8-32)6-9-33-23-21(22(27)28-13-29-23)30-25(33)39-19-11-18(35)17(34)10-16(19)26/h10-11,13-15,34-35H,4-9,12,26H2,1-3H3,(H2,27,28,29)/t14-/m0/s1. The van der Waals surface area contributed by atoms with Gasteiger partial charge in [-0.25, -0.2) is 15.0 Å². The quantitative estimate of drug-likeness (QED) is 0.190. The van der Waals surface area contributed by atoms with Crippen LogP contribution in [-0.2, 0) is 20.9 Å². The highest BCUT2D eigenvalue weighted by Gasteiger charge is 2.28. The number of likely N-dealkylation sites (N-methyl/N-ethyl adjacent to an activating group) is 1. The Kier molecular flexibility index (Phi) is 8.85. The zero-order valence-corrected chi connectivity index (χ0v) is 23.4. The van der Waals surface area contributed by atoms with Gasteiger partial charge in [0.2, 0.25) is 0 Å². The molecule has 1 aromatic carbocycles. The van der Waals surface area contributed by atoms with Crippen LogP contribution >= 0.6 is 11.8 Å². The SMILES string of the molecule is Bc1cc(O)c(O)cc1Sc1nc2c(N)ncnc2n1CCC1CCN(C(=O)[C@H](C)OC(=O)CN(C)C)CC1. The number of carbonyl (C=O) groups excluding carboxylic acids is 2. The number of rotatable bonds is 9. The predicted molar refractivity (Wildman–Crippen MR) is 150 cm³/mol. The number of benzene rings is 1. The van der Waals surface area contributed by atoms with Gasteiger partial charge < -0.3 is 30.2 Å². The van der Waals surface area contributed by atoms with Crippen LogP contribution in [0.1, 0.15) is 26.2 Å². The molecular weight excluding hydrogens is 521 g/mol. The second kappa shape index (κ2) is 12.1. The minimum Gasteiger partial charge on any atom is -0.504 e. The molecule has 1 aliphatic heterocycles. The van der Waals surface area contributed by atoms with E-state index in [1.54, 1.807) is 30.8 Å². The van der Waals surface area contributed by atoms with Gasteiger partial charge in [0.1, 0.15) is 14.2 Å². The van der Waals surface area contributed by atoms with Crippen molar-refractivity contribution >= 4 is 53.9 Å². The van der Waals surface area contributed by atoms with Gasteiger partial charge in [0, 0.05) is 24.5 Å². The van der Waals surface area contributed by atoms with E-state index in [4.69, 9.17) is 15.5 Å². The van der Waals surface area contributed by atoms with E-state index < -0.39 is 12.1 Å². The van der Waals surface area contributed by atoms with Crippen molar-refractivity contribution in [1.29, 1.82) is 0 Å². The molecule has 39 heavy (non-hydrogen) atoms. The normalized spacial score (nSPS) is 15.1. The van der Waals surface area contributed by atoms with Crippen molar-refractivity contribution in [3.8, 4) is 11.5 Å².